The van der Waals surface area contributed by atoms with E-state index in [0.717, 1.165) is 0 Å². The standard InChI is InChI=1S/C15H11NO4/c17-10-13(11-6-2-1-3-7-11)15(18)12-8-4-5-9-14(12)16(19)20/h1-10,13H/t13-/m1/s1. The summed E-state index contributed by atoms with van der Waals surface area (Å²) in [6, 6.07) is 14.1. The molecule has 2 aromatic carbocycles. The van der Waals surface area contributed by atoms with Gasteiger partial charge < -0.3 is 4.79 Å². The zero-order valence-corrected chi connectivity index (χ0v) is 10.4. The predicted molar refractivity (Wildman–Crippen MR) is 72.7 cm³/mol. The van der Waals surface area contributed by atoms with E-state index in [1.807, 2.05) is 0 Å². The van der Waals surface area contributed by atoms with Gasteiger partial charge in [0.15, 0.2) is 5.78 Å². The van der Waals surface area contributed by atoms with Crippen LogP contribution in [0.4, 0.5) is 5.69 Å². The third-order valence-electron chi connectivity index (χ3n) is 2.94. The molecule has 0 amide bonds. The van der Waals surface area contributed by atoms with Crippen LogP contribution in [0.2, 0.25) is 0 Å². The van der Waals surface area contributed by atoms with E-state index in [2.05, 4.69) is 0 Å². The van der Waals surface area contributed by atoms with Gasteiger partial charge in [-0.15, -0.1) is 0 Å². The molecule has 20 heavy (non-hydrogen) atoms. The number of nitro benzene ring substituents is 1. The van der Waals surface area contributed by atoms with Crippen LogP contribution < -0.4 is 0 Å². The van der Waals surface area contributed by atoms with E-state index in [1.165, 1.54) is 24.3 Å². The highest BCUT2D eigenvalue weighted by molar-refractivity contribution is 6.11. The van der Waals surface area contributed by atoms with E-state index in [-0.39, 0.29) is 11.3 Å². The molecule has 0 spiro atoms. The average Bonchev–Trinajstić information content (AvgIpc) is 2.49. The van der Waals surface area contributed by atoms with Crippen molar-refractivity contribution in [1.82, 2.24) is 0 Å². The van der Waals surface area contributed by atoms with E-state index in [0.29, 0.717) is 11.8 Å². The molecule has 0 saturated heterocycles. The van der Waals surface area contributed by atoms with Gasteiger partial charge in [-0.3, -0.25) is 14.9 Å². The number of benzene rings is 2. The summed E-state index contributed by atoms with van der Waals surface area (Å²) < 4.78 is 0. The fraction of sp³-hybridized carbons (Fsp3) is 0.0667. The zero-order valence-electron chi connectivity index (χ0n) is 10.4. The lowest BCUT2D eigenvalue weighted by atomic mass is 9.91. The van der Waals surface area contributed by atoms with E-state index in [1.54, 1.807) is 30.3 Å². The SMILES string of the molecule is O=C[C@@H](C(=O)c1ccccc1[N+](=O)[O-])c1ccccc1. The van der Waals surface area contributed by atoms with Crippen molar-refractivity contribution in [3.63, 3.8) is 0 Å². The van der Waals surface area contributed by atoms with E-state index in [4.69, 9.17) is 0 Å². The molecule has 0 aliphatic rings. The minimum Gasteiger partial charge on any atom is -0.302 e. The average molecular weight is 269 g/mol. The summed E-state index contributed by atoms with van der Waals surface area (Å²) in [6.07, 6.45) is 0.508. The Bertz CT molecular complexity index is 652. The maximum Gasteiger partial charge on any atom is 0.280 e. The molecule has 0 radical (unpaired) electrons. The first-order valence-electron chi connectivity index (χ1n) is 5.93. The van der Waals surface area contributed by atoms with E-state index in [9.17, 15) is 19.7 Å². The maximum absolute atomic E-state index is 12.4. The number of Topliss-reactive ketones (excluding diaryl/α,β-unsaturated/α-hetero) is 1. The molecule has 0 saturated carbocycles. The number of nitrogens with zero attached hydrogens (tertiary/aromatic N) is 1. The Morgan fingerprint density at radius 1 is 1.05 bits per heavy atom. The van der Waals surface area contributed by atoms with Gasteiger partial charge in [0.1, 0.15) is 12.2 Å². The van der Waals surface area contributed by atoms with Gasteiger partial charge in [-0.2, -0.15) is 0 Å². The molecule has 0 fully saturated rings. The number of carbonyl (C=O) groups is 2. The van der Waals surface area contributed by atoms with Gasteiger partial charge in [0.05, 0.1) is 10.5 Å². The van der Waals surface area contributed by atoms with Crippen LogP contribution in [-0.4, -0.2) is 17.0 Å². The number of rotatable bonds is 5. The normalized spacial score (nSPS) is 11.6. The van der Waals surface area contributed by atoms with Gasteiger partial charge in [-0.1, -0.05) is 42.5 Å². The Kier molecular flexibility index (Phi) is 4.00. The molecule has 0 bridgehead atoms. The molecule has 5 nitrogen and oxygen atoms in total. The molecule has 2 aromatic rings. The maximum atomic E-state index is 12.4. The summed E-state index contributed by atoms with van der Waals surface area (Å²) >= 11 is 0. The van der Waals surface area contributed by atoms with Crippen LogP contribution in [0.25, 0.3) is 0 Å². The smallest absolute Gasteiger partial charge is 0.280 e. The molecule has 0 aliphatic carbocycles. The first-order chi connectivity index (χ1) is 9.65. The van der Waals surface area contributed by atoms with Crippen LogP contribution in [0.1, 0.15) is 21.8 Å². The molecule has 0 N–H and O–H groups in total. The highest BCUT2D eigenvalue weighted by Crippen LogP contribution is 2.25. The lowest BCUT2D eigenvalue weighted by Crippen LogP contribution is -2.15. The molecule has 100 valence electrons. The van der Waals surface area contributed by atoms with Crippen molar-refractivity contribution in [1.29, 1.82) is 0 Å². The summed E-state index contributed by atoms with van der Waals surface area (Å²) in [7, 11) is 0. The Hall–Kier alpha value is -2.82. The topological polar surface area (TPSA) is 77.3 Å². The number of carbonyl (C=O) groups excluding carboxylic acids is 2. The van der Waals surface area contributed by atoms with Crippen LogP contribution in [0.5, 0.6) is 0 Å². The number of nitro groups is 1. The highest BCUT2D eigenvalue weighted by atomic mass is 16.6. The van der Waals surface area contributed by atoms with E-state index >= 15 is 0 Å². The number of aldehydes is 1. The fourth-order valence-electron chi connectivity index (χ4n) is 1.96. The Balaban J connectivity index is 2.45. The number of ketones is 1. The molecule has 0 unspecified atom stereocenters. The number of para-hydroxylation sites is 1. The molecule has 0 aromatic heterocycles. The van der Waals surface area contributed by atoms with Crippen LogP contribution in [-0.2, 0) is 4.79 Å². The van der Waals surface area contributed by atoms with Crippen molar-refractivity contribution in [3.8, 4) is 0 Å². The summed E-state index contributed by atoms with van der Waals surface area (Å²) in [6.45, 7) is 0. The van der Waals surface area contributed by atoms with Crippen molar-refractivity contribution in [2.75, 3.05) is 0 Å². The second-order valence-electron chi connectivity index (χ2n) is 4.16. The second kappa shape index (κ2) is 5.88. The molecule has 2 rings (SSSR count). The van der Waals surface area contributed by atoms with Crippen molar-refractivity contribution in [2.45, 2.75) is 5.92 Å². The van der Waals surface area contributed by atoms with Crippen LogP contribution in [0.3, 0.4) is 0 Å². The Morgan fingerprint density at radius 3 is 2.25 bits per heavy atom. The minimum absolute atomic E-state index is 0.0570. The summed E-state index contributed by atoms with van der Waals surface area (Å²) in [5.74, 6) is -1.60. The highest BCUT2D eigenvalue weighted by Gasteiger charge is 2.27. The quantitative estimate of drug-likeness (QED) is 0.275. The third kappa shape index (κ3) is 2.61. The fourth-order valence-corrected chi connectivity index (χ4v) is 1.96. The number of hydrogen-bond donors (Lipinski definition) is 0. The molecule has 1 atom stereocenters. The first kappa shape index (κ1) is 13.6. The Morgan fingerprint density at radius 2 is 1.65 bits per heavy atom. The van der Waals surface area contributed by atoms with E-state index < -0.39 is 16.6 Å². The van der Waals surface area contributed by atoms with Crippen LogP contribution >= 0.6 is 0 Å². The number of hydrogen-bond acceptors (Lipinski definition) is 4. The van der Waals surface area contributed by atoms with Crippen molar-refractivity contribution >= 4 is 17.8 Å². The predicted octanol–water partition coefficient (Wildman–Crippen LogP) is 2.76. The summed E-state index contributed by atoms with van der Waals surface area (Å²) in [4.78, 5) is 33.9. The first-order valence-corrected chi connectivity index (χ1v) is 5.93. The van der Waals surface area contributed by atoms with Gasteiger partial charge in [0, 0.05) is 6.07 Å². The largest absolute Gasteiger partial charge is 0.302 e. The van der Waals surface area contributed by atoms with Crippen molar-refractivity contribution < 1.29 is 14.5 Å². The molecule has 0 heterocycles. The summed E-state index contributed by atoms with van der Waals surface area (Å²) in [5, 5.41) is 10.9. The zero-order chi connectivity index (χ0) is 14.5. The summed E-state index contributed by atoms with van der Waals surface area (Å²) in [5.41, 5.74) is 0.171. The lowest BCUT2D eigenvalue weighted by molar-refractivity contribution is -0.385. The monoisotopic (exact) mass is 269 g/mol. The lowest BCUT2D eigenvalue weighted by Gasteiger charge is -2.09. The van der Waals surface area contributed by atoms with Gasteiger partial charge in [-0.05, 0) is 11.6 Å². The minimum atomic E-state index is -1.03. The molecule has 5 heteroatoms. The molecular weight excluding hydrogens is 258 g/mol. The van der Waals surface area contributed by atoms with Gasteiger partial charge in [0.2, 0.25) is 0 Å². The molecule has 0 aliphatic heterocycles. The van der Waals surface area contributed by atoms with Gasteiger partial charge >= 0.3 is 0 Å². The Labute approximate surface area is 115 Å². The van der Waals surface area contributed by atoms with Crippen molar-refractivity contribution in [3.05, 3.63) is 75.8 Å². The molecular formula is C15H11NO4. The van der Waals surface area contributed by atoms with Crippen LogP contribution in [0, 0.1) is 10.1 Å². The van der Waals surface area contributed by atoms with Crippen molar-refractivity contribution in [2.24, 2.45) is 0 Å². The van der Waals surface area contributed by atoms with Gasteiger partial charge in [-0.25, -0.2) is 0 Å². The third-order valence-corrected chi connectivity index (χ3v) is 2.94. The van der Waals surface area contributed by atoms with Gasteiger partial charge in [0.25, 0.3) is 5.69 Å². The second-order valence-corrected chi connectivity index (χ2v) is 4.16. The van der Waals surface area contributed by atoms with Crippen LogP contribution in [0.15, 0.2) is 54.6 Å².